The first-order chi connectivity index (χ1) is 15.2. The van der Waals surface area contributed by atoms with E-state index in [9.17, 15) is 22.4 Å². The number of rotatable bonds is 6. The van der Waals surface area contributed by atoms with E-state index in [0.717, 1.165) is 24.3 Å². The van der Waals surface area contributed by atoms with Crippen molar-refractivity contribution in [3.05, 3.63) is 56.3 Å². The molecule has 1 aromatic heterocycles. The van der Waals surface area contributed by atoms with Gasteiger partial charge in [0.15, 0.2) is 0 Å². The summed E-state index contributed by atoms with van der Waals surface area (Å²) in [5, 5.41) is 0.977. The number of thiophene rings is 1. The van der Waals surface area contributed by atoms with Crippen LogP contribution in [0.2, 0.25) is 4.34 Å². The summed E-state index contributed by atoms with van der Waals surface area (Å²) < 4.78 is 42.4. The Hall–Kier alpha value is -2.27. The van der Waals surface area contributed by atoms with Gasteiger partial charge in [-0.2, -0.15) is 4.72 Å². The summed E-state index contributed by atoms with van der Waals surface area (Å²) >= 11 is 7.06. The third kappa shape index (κ3) is 5.03. The number of nitrogens with one attached hydrogen (secondary N) is 1. The molecule has 2 saturated heterocycles. The predicted molar refractivity (Wildman–Crippen MR) is 123 cm³/mol. The number of halogens is 2. The van der Waals surface area contributed by atoms with Crippen LogP contribution in [-0.4, -0.2) is 50.8 Å². The average Bonchev–Trinajstić information content (AvgIpc) is 3.49. The van der Waals surface area contributed by atoms with E-state index in [1.54, 1.807) is 17.0 Å². The van der Waals surface area contributed by atoms with Crippen molar-refractivity contribution in [3.63, 3.8) is 0 Å². The van der Waals surface area contributed by atoms with Crippen molar-refractivity contribution in [1.82, 2.24) is 9.62 Å². The highest BCUT2D eigenvalue weighted by atomic mass is 35.5. The third-order valence-corrected chi connectivity index (χ3v) is 7.70. The van der Waals surface area contributed by atoms with Crippen LogP contribution in [0.4, 0.5) is 10.1 Å². The zero-order chi connectivity index (χ0) is 22.9. The second-order valence-corrected chi connectivity index (χ2v) is 10.9. The summed E-state index contributed by atoms with van der Waals surface area (Å²) in [5.41, 5.74) is 0.259. The molecule has 0 spiro atoms. The first-order valence-electron chi connectivity index (χ1n) is 10.1. The molecule has 2 aliphatic heterocycles. The number of hydrogen-bond acceptors (Lipinski definition) is 5. The van der Waals surface area contributed by atoms with Crippen molar-refractivity contribution in [1.29, 1.82) is 0 Å². The van der Waals surface area contributed by atoms with Gasteiger partial charge in [-0.1, -0.05) is 11.6 Å². The molecule has 2 fully saturated rings. The van der Waals surface area contributed by atoms with E-state index in [4.69, 9.17) is 11.6 Å². The molecular formula is C21H21ClFN3O4S2. The predicted octanol–water partition coefficient (Wildman–Crippen LogP) is 3.47. The Morgan fingerprint density at radius 3 is 2.59 bits per heavy atom. The second-order valence-electron chi connectivity index (χ2n) is 7.60. The molecule has 11 heteroatoms. The number of likely N-dealkylation sites (tertiary alicyclic amines) is 1. The molecule has 1 aromatic carbocycles. The molecule has 170 valence electrons. The first-order valence-corrected chi connectivity index (χ1v) is 12.8. The molecule has 2 amide bonds. The van der Waals surface area contributed by atoms with Gasteiger partial charge in [0, 0.05) is 35.5 Å². The number of benzene rings is 1. The Morgan fingerprint density at radius 2 is 1.94 bits per heavy atom. The molecule has 0 radical (unpaired) electrons. The fraction of sp³-hybridized carbons (Fsp3) is 0.333. The van der Waals surface area contributed by atoms with Crippen LogP contribution in [-0.2, 0) is 14.8 Å². The topological polar surface area (TPSA) is 86.8 Å². The van der Waals surface area contributed by atoms with Crippen molar-refractivity contribution in [2.75, 3.05) is 24.5 Å². The summed E-state index contributed by atoms with van der Waals surface area (Å²) in [6.45, 7) is 1.47. The van der Waals surface area contributed by atoms with Crippen molar-refractivity contribution >= 4 is 56.5 Å². The summed E-state index contributed by atoms with van der Waals surface area (Å²) in [6.07, 6.45) is 3.46. The number of nitrogens with zero attached hydrogens (tertiary/aromatic N) is 2. The quantitative estimate of drug-likeness (QED) is 0.662. The van der Waals surface area contributed by atoms with E-state index in [1.165, 1.54) is 34.4 Å². The SMILES string of the molecule is O=C(c1ccc(N2CC[C@H](NS(=O)(=O)/C=C/c3ccc(Cl)s3)C2=O)c(F)c1)N1CCCC1. The highest BCUT2D eigenvalue weighted by Gasteiger charge is 2.36. The summed E-state index contributed by atoms with van der Waals surface area (Å²) in [5.74, 6) is -1.47. The molecule has 32 heavy (non-hydrogen) atoms. The van der Waals surface area contributed by atoms with Crippen LogP contribution in [0.25, 0.3) is 6.08 Å². The smallest absolute Gasteiger partial charge is 0.253 e. The lowest BCUT2D eigenvalue weighted by molar-refractivity contribution is -0.118. The fourth-order valence-corrected chi connectivity index (χ4v) is 5.87. The minimum absolute atomic E-state index is 0.0263. The van der Waals surface area contributed by atoms with Gasteiger partial charge in [-0.05, 0) is 55.7 Å². The zero-order valence-corrected chi connectivity index (χ0v) is 19.4. The Kier molecular flexibility index (Phi) is 6.66. The molecular weight excluding hydrogens is 477 g/mol. The Morgan fingerprint density at radius 1 is 1.19 bits per heavy atom. The van der Waals surface area contributed by atoms with Crippen LogP contribution in [0.3, 0.4) is 0 Å². The molecule has 4 rings (SSSR count). The van der Waals surface area contributed by atoms with Gasteiger partial charge in [0.05, 0.1) is 10.0 Å². The lowest BCUT2D eigenvalue weighted by atomic mass is 10.1. The maximum Gasteiger partial charge on any atom is 0.253 e. The highest BCUT2D eigenvalue weighted by molar-refractivity contribution is 7.92. The zero-order valence-electron chi connectivity index (χ0n) is 17.0. The van der Waals surface area contributed by atoms with Crippen LogP contribution in [0, 0.1) is 5.82 Å². The van der Waals surface area contributed by atoms with Gasteiger partial charge < -0.3 is 9.80 Å². The molecule has 7 nitrogen and oxygen atoms in total. The molecule has 3 heterocycles. The van der Waals surface area contributed by atoms with Gasteiger partial charge in [-0.25, -0.2) is 12.8 Å². The van der Waals surface area contributed by atoms with Crippen LogP contribution in [0.15, 0.2) is 35.7 Å². The first kappa shape index (κ1) is 22.9. The van der Waals surface area contributed by atoms with Crippen LogP contribution < -0.4 is 9.62 Å². The molecule has 0 aliphatic carbocycles. The minimum atomic E-state index is -3.89. The van der Waals surface area contributed by atoms with E-state index >= 15 is 0 Å². The molecule has 1 atom stereocenters. The second kappa shape index (κ2) is 9.30. The van der Waals surface area contributed by atoms with Gasteiger partial charge in [0.25, 0.3) is 5.91 Å². The Labute approximate surface area is 194 Å². The normalized spacial score (nSPS) is 19.4. The Bertz CT molecular complexity index is 1180. The summed E-state index contributed by atoms with van der Waals surface area (Å²) in [6, 6.07) is 6.37. The highest BCUT2D eigenvalue weighted by Crippen LogP contribution is 2.27. The maximum absolute atomic E-state index is 14.8. The number of anilines is 1. The average molecular weight is 498 g/mol. The standard InChI is InChI=1S/C21H21ClFN3O4S2/c22-19-6-4-15(31-19)8-12-32(29,30)24-17-7-11-26(21(17)28)18-5-3-14(13-16(18)23)20(27)25-9-1-2-10-25/h3-6,8,12-13,17,24H,1-2,7,9-11H2/b12-8+/t17-/m0/s1. The minimum Gasteiger partial charge on any atom is -0.339 e. The molecule has 1 N–H and O–H groups in total. The van der Waals surface area contributed by atoms with Gasteiger partial charge in [0.1, 0.15) is 11.9 Å². The molecule has 0 saturated carbocycles. The van der Waals surface area contributed by atoms with Crippen LogP contribution >= 0.6 is 22.9 Å². The van der Waals surface area contributed by atoms with Crippen LogP contribution in [0.5, 0.6) is 0 Å². The van der Waals surface area contributed by atoms with Crippen LogP contribution in [0.1, 0.15) is 34.5 Å². The van der Waals surface area contributed by atoms with Gasteiger partial charge in [-0.15, -0.1) is 11.3 Å². The van der Waals surface area contributed by atoms with Crippen molar-refractivity contribution < 1.29 is 22.4 Å². The monoisotopic (exact) mass is 497 g/mol. The Balaban J connectivity index is 1.43. The number of hydrogen-bond donors (Lipinski definition) is 1. The van der Waals surface area contributed by atoms with Crippen molar-refractivity contribution in [2.24, 2.45) is 0 Å². The largest absolute Gasteiger partial charge is 0.339 e. The molecule has 0 unspecified atom stereocenters. The van der Waals surface area contributed by atoms with Crippen molar-refractivity contribution in [2.45, 2.75) is 25.3 Å². The molecule has 0 bridgehead atoms. The van der Waals surface area contributed by atoms with E-state index in [1.807, 2.05) is 0 Å². The number of carbonyl (C=O) groups is 2. The van der Waals surface area contributed by atoms with Gasteiger partial charge >= 0.3 is 0 Å². The van der Waals surface area contributed by atoms with Gasteiger partial charge in [-0.3, -0.25) is 9.59 Å². The maximum atomic E-state index is 14.8. The summed E-state index contributed by atoms with van der Waals surface area (Å²) in [4.78, 5) is 28.8. The number of amides is 2. The van der Waals surface area contributed by atoms with E-state index in [0.29, 0.717) is 22.3 Å². The lowest BCUT2D eigenvalue weighted by Crippen LogP contribution is -2.41. The number of carbonyl (C=O) groups excluding carboxylic acids is 2. The third-order valence-electron chi connectivity index (χ3n) is 5.40. The van der Waals surface area contributed by atoms with Crippen molar-refractivity contribution in [3.8, 4) is 0 Å². The van der Waals surface area contributed by atoms with E-state index in [2.05, 4.69) is 4.72 Å². The summed E-state index contributed by atoms with van der Waals surface area (Å²) in [7, 11) is -3.89. The van der Waals surface area contributed by atoms with Gasteiger partial charge in [0.2, 0.25) is 15.9 Å². The fourth-order valence-electron chi connectivity index (χ4n) is 3.80. The van der Waals surface area contributed by atoms with E-state index < -0.39 is 27.8 Å². The van der Waals surface area contributed by atoms with E-state index in [-0.39, 0.29) is 30.1 Å². The number of sulfonamides is 1. The molecule has 2 aromatic rings. The molecule has 2 aliphatic rings. The lowest BCUT2D eigenvalue weighted by Gasteiger charge is -2.19.